The number of amides is 2. The molecule has 3 aromatic rings. The van der Waals surface area contributed by atoms with Crippen LogP contribution in [0.4, 0.5) is 14.5 Å². The smallest absolute Gasteiger partial charge is 0.238 e. The summed E-state index contributed by atoms with van der Waals surface area (Å²) in [5, 5.41) is 0. The van der Waals surface area contributed by atoms with Crippen molar-refractivity contribution in [3.8, 4) is 0 Å². The number of halogens is 4. The Balaban J connectivity index is 1.50. The molecule has 1 heterocycles. The molecule has 6 rings (SSSR count). The summed E-state index contributed by atoms with van der Waals surface area (Å²) in [6.07, 6.45) is 3.93. The summed E-state index contributed by atoms with van der Waals surface area (Å²) in [4.78, 5) is 27.8. The minimum atomic E-state index is -0.923. The molecule has 0 radical (unpaired) electrons. The van der Waals surface area contributed by atoms with Gasteiger partial charge in [0.05, 0.1) is 11.8 Å². The number of hydrogen-bond donors (Lipinski definition) is 0. The molecule has 1 saturated heterocycles. The SMILES string of the molecule is O=C1[C@@H]2[C@H](C(=O)N1c1c(F)cccc1F)[C@@H]1C=C[C@@H]2C1=C(c1ccc(Br)cc1)c1ccc(Br)cc1. The highest BCUT2D eigenvalue weighted by Crippen LogP contribution is 2.59. The fraction of sp³-hybridized carbons (Fsp3) is 0.143. The van der Waals surface area contributed by atoms with Crippen LogP contribution in [0.15, 0.2) is 93.4 Å². The molecular formula is C28H17Br2F2NO2. The van der Waals surface area contributed by atoms with E-state index in [4.69, 9.17) is 0 Å². The van der Waals surface area contributed by atoms with Gasteiger partial charge < -0.3 is 0 Å². The first kappa shape index (κ1) is 22.6. The van der Waals surface area contributed by atoms with Crippen molar-refractivity contribution in [1.82, 2.24) is 0 Å². The Morgan fingerprint density at radius 3 is 1.54 bits per heavy atom. The number of nitrogens with zero attached hydrogens (tertiary/aromatic N) is 1. The van der Waals surface area contributed by atoms with Crippen LogP contribution in [-0.4, -0.2) is 11.8 Å². The zero-order valence-electron chi connectivity index (χ0n) is 18.1. The Hall–Kier alpha value is -2.90. The first-order valence-electron chi connectivity index (χ1n) is 11.1. The molecule has 3 aliphatic rings. The molecule has 2 fully saturated rings. The van der Waals surface area contributed by atoms with Crippen molar-refractivity contribution in [3.63, 3.8) is 0 Å². The third-order valence-corrected chi connectivity index (χ3v) is 8.19. The average Bonchev–Trinajstić information content (AvgIpc) is 3.47. The number of anilines is 1. The predicted molar refractivity (Wildman–Crippen MR) is 136 cm³/mol. The van der Waals surface area contributed by atoms with E-state index in [0.29, 0.717) is 0 Å². The number of allylic oxidation sites excluding steroid dienone is 3. The molecule has 3 nitrogen and oxygen atoms in total. The van der Waals surface area contributed by atoms with Gasteiger partial charge >= 0.3 is 0 Å². The molecule has 2 amide bonds. The number of carbonyl (C=O) groups excluding carboxylic acids is 2. The van der Waals surface area contributed by atoms with E-state index in [0.717, 1.165) is 48.3 Å². The number of imide groups is 1. The maximum Gasteiger partial charge on any atom is 0.238 e. The quantitative estimate of drug-likeness (QED) is 0.243. The van der Waals surface area contributed by atoms with E-state index in [2.05, 4.69) is 31.9 Å². The normalized spacial score (nSPS) is 24.5. The lowest BCUT2D eigenvalue weighted by molar-refractivity contribution is -0.123. The van der Waals surface area contributed by atoms with Crippen molar-refractivity contribution < 1.29 is 18.4 Å². The van der Waals surface area contributed by atoms with E-state index in [9.17, 15) is 18.4 Å². The minimum Gasteiger partial charge on any atom is -0.274 e. The third kappa shape index (κ3) is 3.39. The van der Waals surface area contributed by atoms with Crippen LogP contribution >= 0.6 is 31.9 Å². The molecule has 35 heavy (non-hydrogen) atoms. The van der Waals surface area contributed by atoms with Crippen LogP contribution in [0.2, 0.25) is 0 Å². The monoisotopic (exact) mass is 595 g/mol. The van der Waals surface area contributed by atoms with Gasteiger partial charge in [-0.1, -0.05) is 74.3 Å². The topological polar surface area (TPSA) is 37.4 Å². The van der Waals surface area contributed by atoms with Gasteiger partial charge in [-0.05, 0) is 58.7 Å². The first-order valence-corrected chi connectivity index (χ1v) is 12.7. The predicted octanol–water partition coefficient (Wildman–Crippen LogP) is 6.91. The standard InChI is InChI=1S/C28H17Br2F2NO2/c29-16-8-4-14(5-9-16)22(15-6-10-17(30)11-7-15)23-18-12-13-19(23)25-24(18)27(34)33(28(25)35)26-20(31)2-1-3-21(26)32/h1-13,18-19,24-25H/t18-,19-,24-,25+/m1/s1. The van der Waals surface area contributed by atoms with E-state index in [1.165, 1.54) is 6.07 Å². The van der Waals surface area contributed by atoms with Gasteiger partial charge in [0.25, 0.3) is 0 Å². The molecule has 7 heteroatoms. The Labute approximate surface area is 217 Å². The summed E-state index contributed by atoms with van der Waals surface area (Å²) in [6.45, 7) is 0. The summed E-state index contributed by atoms with van der Waals surface area (Å²) in [5.41, 5.74) is 3.34. The second-order valence-electron chi connectivity index (χ2n) is 8.91. The van der Waals surface area contributed by atoms with E-state index >= 15 is 0 Å². The lowest BCUT2D eigenvalue weighted by Gasteiger charge is -2.22. The van der Waals surface area contributed by atoms with E-state index in [1.54, 1.807) is 0 Å². The van der Waals surface area contributed by atoms with Crippen molar-refractivity contribution >= 4 is 54.9 Å². The highest BCUT2D eigenvalue weighted by atomic mass is 79.9. The Bertz CT molecular complexity index is 1350. The summed E-state index contributed by atoms with van der Waals surface area (Å²) in [7, 11) is 0. The fourth-order valence-electron chi connectivity index (χ4n) is 5.75. The van der Waals surface area contributed by atoms with Crippen LogP contribution in [0.25, 0.3) is 5.57 Å². The Kier molecular flexibility index (Phi) is 5.38. The molecule has 1 aliphatic heterocycles. The molecule has 0 N–H and O–H groups in total. The van der Waals surface area contributed by atoms with Crippen molar-refractivity contribution in [1.29, 1.82) is 0 Å². The zero-order valence-corrected chi connectivity index (χ0v) is 21.3. The lowest BCUT2D eigenvalue weighted by Crippen LogP contribution is -2.34. The van der Waals surface area contributed by atoms with Gasteiger partial charge in [0.15, 0.2) is 0 Å². The van der Waals surface area contributed by atoms with Crippen molar-refractivity contribution in [2.75, 3.05) is 4.90 Å². The number of para-hydroxylation sites is 1. The Morgan fingerprint density at radius 1 is 0.686 bits per heavy atom. The third-order valence-electron chi connectivity index (χ3n) is 7.13. The number of hydrogen-bond acceptors (Lipinski definition) is 2. The Morgan fingerprint density at radius 2 is 1.11 bits per heavy atom. The summed E-state index contributed by atoms with van der Waals surface area (Å²) >= 11 is 6.97. The molecule has 2 aliphatic carbocycles. The number of carbonyl (C=O) groups is 2. The number of benzene rings is 3. The first-order chi connectivity index (χ1) is 16.9. The molecule has 3 aromatic carbocycles. The molecule has 0 unspecified atom stereocenters. The number of fused-ring (bicyclic) bond motifs is 5. The van der Waals surface area contributed by atoms with Gasteiger partial charge in [-0.3, -0.25) is 9.59 Å². The van der Waals surface area contributed by atoms with Crippen LogP contribution in [-0.2, 0) is 9.59 Å². The molecule has 2 bridgehead atoms. The summed E-state index contributed by atoms with van der Waals surface area (Å²) < 4.78 is 30.9. The van der Waals surface area contributed by atoms with Gasteiger partial charge in [0, 0.05) is 20.8 Å². The van der Waals surface area contributed by atoms with Gasteiger partial charge in [-0.2, -0.15) is 0 Å². The molecule has 174 valence electrons. The van der Waals surface area contributed by atoms with E-state index in [-0.39, 0.29) is 11.8 Å². The van der Waals surface area contributed by atoms with E-state index < -0.39 is 41.0 Å². The van der Waals surface area contributed by atoms with Crippen molar-refractivity contribution in [2.24, 2.45) is 23.7 Å². The number of rotatable bonds is 3. The highest BCUT2D eigenvalue weighted by Gasteiger charge is 2.63. The summed E-state index contributed by atoms with van der Waals surface area (Å²) in [6, 6.07) is 19.2. The highest BCUT2D eigenvalue weighted by molar-refractivity contribution is 9.10. The van der Waals surface area contributed by atoms with Gasteiger partial charge in [-0.25, -0.2) is 13.7 Å². The average molecular weight is 597 g/mol. The van der Waals surface area contributed by atoms with Crippen LogP contribution < -0.4 is 4.90 Å². The lowest BCUT2D eigenvalue weighted by atomic mass is 9.85. The van der Waals surface area contributed by atoms with Crippen molar-refractivity contribution in [2.45, 2.75) is 0 Å². The molecule has 0 aromatic heterocycles. The van der Waals surface area contributed by atoms with Crippen LogP contribution in [0.1, 0.15) is 11.1 Å². The maximum atomic E-state index is 14.5. The maximum absolute atomic E-state index is 14.5. The molecular weight excluding hydrogens is 580 g/mol. The largest absolute Gasteiger partial charge is 0.274 e. The molecule has 1 saturated carbocycles. The van der Waals surface area contributed by atoms with E-state index in [1.807, 2.05) is 60.7 Å². The fourth-order valence-corrected chi connectivity index (χ4v) is 6.28. The van der Waals surface area contributed by atoms with Crippen molar-refractivity contribution in [3.05, 3.63) is 116 Å². The van der Waals surface area contributed by atoms with Crippen LogP contribution in [0, 0.1) is 35.3 Å². The zero-order chi connectivity index (χ0) is 24.4. The van der Waals surface area contributed by atoms with Gasteiger partial charge in [0.1, 0.15) is 17.3 Å². The van der Waals surface area contributed by atoms with Gasteiger partial charge in [-0.15, -0.1) is 0 Å². The minimum absolute atomic E-state index is 0.330. The molecule has 4 atom stereocenters. The van der Waals surface area contributed by atoms with Crippen LogP contribution in [0.5, 0.6) is 0 Å². The van der Waals surface area contributed by atoms with Crippen LogP contribution in [0.3, 0.4) is 0 Å². The second kappa shape index (κ2) is 8.35. The van der Waals surface area contributed by atoms with Gasteiger partial charge in [0.2, 0.25) is 11.8 Å². The summed E-state index contributed by atoms with van der Waals surface area (Å²) in [5.74, 6) is -4.98. The second-order valence-corrected chi connectivity index (χ2v) is 10.7. The molecule has 0 spiro atoms.